The summed E-state index contributed by atoms with van der Waals surface area (Å²) >= 11 is 1.31. The number of thioether (sulfide) groups is 1. The highest BCUT2D eigenvalue weighted by Crippen LogP contribution is 2.36. The van der Waals surface area contributed by atoms with Gasteiger partial charge in [-0.15, -0.1) is 16.9 Å². The van der Waals surface area contributed by atoms with E-state index in [4.69, 9.17) is 0 Å². The zero-order chi connectivity index (χ0) is 24.2. The van der Waals surface area contributed by atoms with Crippen molar-refractivity contribution in [3.63, 3.8) is 0 Å². The molecule has 9 nitrogen and oxygen atoms in total. The van der Waals surface area contributed by atoms with Crippen LogP contribution in [0.15, 0.2) is 89.8 Å². The van der Waals surface area contributed by atoms with E-state index in [1.54, 1.807) is 4.68 Å². The maximum atomic E-state index is 12.7. The van der Waals surface area contributed by atoms with Crippen molar-refractivity contribution in [3.8, 4) is 17.1 Å². The van der Waals surface area contributed by atoms with Gasteiger partial charge in [0.25, 0.3) is 0 Å². The average Bonchev–Trinajstić information content (AvgIpc) is 3.34. The van der Waals surface area contributed by atoms with Crippen molar-refractivity contribution in [2.75, 3.05) is 5.32 Å². The second-order valence-electron chi connectivity index (χ2n) is 7.67. The maximum Gasteiger partial charge on any atom is 0.309 e. The Morgan fingerprint density at radius 3 is 2.37 bits per heavy atom. The van der Waals surface area contributed by atoms with Crippen LogP contribution in [0.2, 0.25) is 0 Å². The third-order valence-corrected chi connectivity index (χ3v) is 6.51. The van der Waals surface area contributed by atoms with Gasteiger partial charge in [0.2, 0.25) is 17.6 Å². The normalized spacial score (nSPS) is 14.5. The molecule has 5 rings (SSSR count). The number of benzene rings is 3. The molecule has 0 aliphatic carbocycles. The Hall–Kier alpha value is -4.44. The molecule has 0 radical (unpaired) electrons. The zero-order valence-electron chi connectivity index (χ0n) is 18.3. The van der Waals surface area contributed by atoms with Crippen LogP contribution in [-0.4, -0.2) is 37.7 Å². The summed E-state index contributed by atoms with van der Waals surface area (Å²) in [5.41, 5.74) is 6.96. The Morgan fingerprint density at radius 2 is 1.60 bits per heavy atom. The van der Waals surface area contributed by atoms with E-state index in [9.17, 15) is 14.4 Å². The van der Waals surface area contributed by atoms with Crippen molar-refractivity contribution in [2.24, 2.45) is 0 Å². The molecule has 1 aliphatic heterocycles. The molecule has 1 aromatic heterocycles. The van der Waals surface area contributed by atoms with Gasteiger partial charge in [0.15, 0.2) is 5.82 Å². The number of nitrogens with one attached hydrogen (secondary N) is 3. The summed E-state index contributed by atoms with van der Waals surface area (Å²) in [7, 11) is 0. The molecule has 10 heteroatoms. The molecule has 0 bridgehead atoms. The fourth-order valence-corrected chi connectivity index (χ4v) is 4.67. The predicted molar refractivity (Wildman–Crippen MR) is 132 cm³/mol. The third kappa shape index (κ3) is 4.92. The quantitative estimate of drug-likeness (QED) is 0.375. The van der Waals surface area contributed by atoms with Gasteiger partial charge in [0, 0.05) is 16.9 Å². The Bertz CT molecular complexity index is 1330. The second kappa shape index (κ2) is 9.82. The summed E-state index contributed by atoms with van der Waals surface area (Å²) in [6.45, 7) is 0. The molecule has 2 heterocycles. The zero-order valence-corrected chi connectivity index (χ0v) is 19.2. The number of anilines is 1. The lowest BCUT2D eigenvalue weighted by Gasteiger charge is -2.23. The summed E-state index contributed by atoms with van der Waals surface area (Å²) in [5.74, 6) is -1.05. The van der Waals surface area contributed by atoms with Gasteiger partial charge in [-0.3, -0.25) is 25.2 Å². The number of rotatable bonds is 5. The molecule has 0 fully saturated rings. The molecule has 0 saturated heterocycles. The number of carbonyl (C=O) groups excluding carboxylic acids is 3. The van der Waals surface area contributed by atoms with Crippen LogP contribution in [-0.2, 0) is 9.59 Å². The summed E-state index contributed by atoms with van der Waals surface area (Å²) in [6, 6.07) is 26.1. The number of hydrogen-bond donors (Lipinski definition) is 3. The predicted octanol–water partition coefficient (Wildman–Crippen LogP) is 3.20. The van der Waals surface area contributed by atoms with Gasteiger partial charge in [-0.05, 0) is 24.3 Å². The van der Waals surface area contributed by atoms with Crippen molar-refractivity contribution < 1.29 is 14.4 Å². The number of fused-ring (bicyclic) bond motifs is 1. The molecular formula is C25H20N6O3S. The average molecular weight is 485 g/mol. The first-order valence-electron chi connectivity index (χ1n) is 10.8. The first-order valence-corrected chi connectivity index (χ1v) is 11.7. The topological polar surface area (TPSA) is 118 Å². The van der Waals surface area contributed by atoms with Gasteiger partial charge in [-0.2, -0.15) is 0 Å². The van der Waals surface area contributed by atoms with E-state index in [0.717, 1.165) is 21.8 Å². The van der Waals surface area contributed by atoms with Gasteiger partial charge in [0.05, 0.1) is 16.6 Å². The van der Waals surface area contributed by atoms with Gasteiger partial charge < -0.3 is 5.32 Å². The van der Waals surface area contributed by atoms with Gasteiger partial charge in [-0.1, -0.05) is 60.7 Å². The second-order valence-corrected chi connectivity index (χ2v) is 8.92. The van der Waals surface area contributed by atoms with Crippen LogP contribution in [0.4, 0.5) is 5.69 Å². The first-order chi connectivity index (χ1) is 17.1. The molecule has 1 unspecified atom stereocenters. The Morgan fingerprint density at radius 1 is 0.914 bits per heavy atom. The van der Waals surface area contributed by atoms with Crippen LogP contribution >= 0.6 is 11.8 Å². The molecule has 1 aliphatic rings. The number of nitrogens with zero attached hydrogens (tertiary/aromatic N) is 3. The lowest BCUT2D eigenvalue weighted by molar-refractivity contribution is -0.124. The van der Waals surface area contributed by atoms with Crippen molar-refractivity contribution in [1.82, 2.24) is 25.6 Å². The Labute approximate surface area is 204 Å². The van der Waals surface area contributed by atoms with Crippen molar-refractivity contribution in [1.29, 1.82) is 0 Å². The number of amides is 3. The number of hydrazine groups is 1. The highest BCUT2D eigenvalue weighted by Gasteiger charge is 2.29. The molecule has 174 valence electrons. The molecule has 35 heavy (non-hydrogen) atoms. The summed E-state index contributed by atoms with van der Waals surface area (Å²) in [4.78, 5) is 42.8. The molecule has 1 atom stereocenters. The van der Waals surface area contributed by atoms with E-state index in [0.29, 0.717) is 5.82 Å². The van der Waals surface area contributed by atoms with E-state index in [1.165, 1.54) is 11.8 Å². The molecule has 3 N–H and O–H groups in total. The highest BCUT2D eigenvalue weighted by atomic mass is 32.2. The lowest BCUT2D eigenvalue weighted by atomic mass is 10.2. The van der Waals surface area contributed by atoms with Crippen LogP contribution in [0.3, 0.4) is 0 Å². The van der Waals surface area contributed by atoms with Crippen LogP contribution < -0.4 is 16.2 Å². The van der Waals surface area contributed by atoms with Crippen molar-refractivity contribution >= 4 is 35.2 Å². The molecule has 3 amide bonds. The van der Waals surface area contributed by atoms with E-state index in [2.05, 4.69) is 26.3 Å². The minimum Gasteiger partial charge on any atom is -0.324 e. The third-order valence-electron chi connectivity index (χ3n) is 5.24. The summed E-state index contributed by atoms with van der Waals surface area (Å²) in [5, 5.41) is 6.55. The molecule has 3 aromatic carbocycles. The van der Waals surface area contributed by atoms with Crippen LogP contribution in [0.5, 0.6) is 0 Å². The fraction of sp³-hybridized carbons (Fsp3) is 0.0800. The fourth-order valence-electron chi connectivity index (χ4n) is 3.56. The smallest absolute Gasteiger partial charge is 0.309 e. The summed E-state index contributed by atoms with van der Waals surface area (Å²) in [6.07, 6.45) is -0.105. The van der Waals surface area contributed by atoms with Crippen molar-refractivity contribution in [2.45, 2.75) is 16.6 Å². The Balaban J connectivity index is 1.27. The molecule has 4 aromatic rings. The lowest BCUT2D eigenvalue weighted by Crippen LogP contribution is -2.44. The Kier molecular flexibility index (Phi) is 6.27. The van der Waals surface area contributed by atoms with Gasteiger partial charge in [0.1, 0.15) is 0 Å². The van der Waals surface area contributed by atoms with Gasteiger partial charge in [-0.25, -0.2) is 9.67 Å². The van der Waals surface area contributed by atoms with E-state index >= 15 is 0 Å². The largest absolute Gasteiger partial charge is 0.324 e. The van der Waals surface area contributed by atoms with E-state index in [1.807, 2.05) is 84.9 Å². The van der Waals surface area contributed by atoms with Crippen LogP contribution in [0, 0.1) is 0 Å². The van der Waals surface area contributed by atoms with Crippen LogP contribution in [0.25, 0.3) is 17.1 Å². The molecular weight excluding hydrogens is 464 g/mol. The van der Waals surface area contributed by atoms with Crippen molar-refractivity contribution in [3.05, 3.63) is 90.8 Å². The minimum absolute atomic E-state index is 0.105. The number of aromatic nitrogens is 3. The molecule has 0 saturated carbocycles. The number of hydrogen-bond acceptors (Lipinski definition) is 6. The van der Waals surface area contributed by atoms with E-state index in [-0.39, 0.29) is 18.2 Å². The van der Waals surface area contributed by atoms with Gasteiger partial charge >= 0.3 is 5.91 Å². The van der Waals surface area contributed by atoms with Crippen LogP contribution in [0.1, 0.15) is 17.0 Å². The maximum absolute atomic E-state index is 12.7. The minimum atomic E-state index is -0.670. The SMILES string of the molecule is O=C(CC1Sc2ccccc2NC1=O)NNC(=O)c1nc(-c2ccccc2)n(-c2ccccc2)n1. The number of para-hydroxylation sites is 2. The monoisotopic (exact) mass is 484 g/mol. The highest BCUT2D eigenvalue weighted by molar-refractivity contribution is 8.01. The van der Waals surface area contributed by atoms with E-state index < -0.39 is 17.1 Å². The number of carbonyl (C=O) groups is 3. The molecule has 0 spiro atoms. The summed E-state index contributed by atoms with van der Waals surface area (Å²) < 4.78 is 1.58. The standard InChI is InChI=1S/C25H20N6O3S/c32-21(15-20-24(33)26-18-13-7-8-14-19(18)35-20)28-29-25(34)22-27-23(16-9-3-1-4-10-16)31(30-22)17-11-5-2-6-12-17/h1-14,20H,15H2,(H,26,33)(H,28,32)(H,29,34). The first kappa shape index (κ1) is 22.4.